The van der Waals surface area contributed by atoms with Crippen LogP contribution in [0.4, 0.5) is 0 Å². The largest absolute Gasteiger partial charge is 0.507 e. The van der Waals surface area contributed by atoms with Gasteiger partial charge in [0.2, 0.25) is 0 Å². The quantitative estimate of drug-likeness (QED) is 0.731. The maximum atomic E-state index is 10.8. The number of benzene rings is 1. The average molecular weight is 298 g/mol. The molecule has 0 unspecified atom stereocenters. The van der Waals surface area contributed by atoms with E-state index in [9.17, 15) is 5.11 Å². The topological polar surface area (TPSA) is 20.2 Å². The fraction of sp³-hybridized carbons (Fsp3) is 0.524. The Balaban J connectivity index is 2.54. The molecule has 0 saturated heterocycles. The van der Waals surface area contributed by atoms with Gasteiger partial charge in [-0.15, -0.1) is 0 Å². The molecule has 1 N–H and O–H groups in total. The predicted octanol–water partition coefficient (Wildman–Crippen LogP) is 5.81. The standard InChI is InChI=1S/C21H30O/c1-14-9-8-10-16(14)11-15-12-17(20(2,3)4)19(22)18(13-15)21(5,6)7/h8-9,12-13,22H,10-11H2,1-7H3. The monoisotopic (exact) mass is 298 g/mol. The van der Waals surface area contributed by atoms with Gasteiger partial charge in [-0.3, -0.25) is 0 Å². The molecule has 1 nitrogen and oxygen atoms in total. The highest BCUT2D eigenvalue weighted by atomic mass is 16.3. The van der Waals surface area contributed by atoms with Gasteiger partial charge in [0.1, 0.15) is 5.75 Å². The Hall–Kier alpha value is -1.50. The number of aromatic hydroxyl groups is 1. The second-order valence-electron chi connectivity index (χ2n) is 8.61. The molecule has 2 rings (SSSR count). The van der Waals surface area contributed by atoms with Crippen molar-refractivity contribution in [2.75, 3.05) is 0 Å². The fourth-order valence-corrected chi connectivity index (χ4v) is 3.05. The Morgan fingerprint density at radius 2 is 1.45 bits per heavy atom. The highest BCUT2D eigenvalue weighted by Gasteiger charge is 2.26. The lowest BCUT2D eigenvalue weighted by Gasteiger charge is -2.28. The normalized spacial score (nSPS) is 15.8. The van der Waals surface area contributed by atoms with Crippen LogP contribution < -0.4 is 0 Å². The molecule has 1 aromatic carbocycles. The van der Waals surface area contributed by atoms with Gasteiger partial charge in [-0.1, -0.05) is 77.0 Å². The van der Waals surface area contributed by atoms with E-state index < -0.39 is 0 Å². The molecule has 1 aliphatic carbocycles. The first-order chi connectivity index (χ1) is 10.00. The van der Waals surface area contributed by atoms with Gasteiger partial charge >= 0.3 is 0 Å². The lowest BCUT2D eigenvalue weighted by atomic mass is 9.78. The molecule has 0 aromatic heterocycles. The van der Waals surface area contributed by atoms with Crippen LogP contribution in [0.2, 0.25) is 0 Å². The summed E-state index contributed by atoms with van der Waals surface area (Å²) in [5.74, 6) is 0.471. The van der Waals surface area contributed by atoms with Gasteiger partial charge in [0.15, 0.2) is 0 Å². The van der Waals surface area contributed by atoms with Crippen molar-refractivity contribution in [1.29, 1.82) is 0 Å². The minimum absolute atomic E-state index is 0.0581. The van der Waals surface area contributed by atoms with E-state index in [1.807, 2.05) is 0 Å². The first-order valence-corrected chi connectivity index (χ1v) is 8.22. The second kappa shape index (κ2) is 5.61. The van der Waals surface area contributed by atoms with Crippen molar-refractivity contribution in [2.45, 2.75) is 72.1 Å². The minimum Gasteiger partial charge on any atom is -0.507 e. The zero-order valence-corrected chi connectivity index (χ0v) is 15.2. The molecule has 0 radical (unpaired) electrons. The summed E-state index contributed by atoms with van der Waals surface area (Å²) in [6, 6.07) is 4.40. The molecule has 1 aromatic rings. The van der Waals surface area contributed by atoms with Crippen molar-refractivity contribution in [3.63, 3.8) is 0 Å². The van der Waals surface area contributed by atoms with E-state index in [-0.39, 0.29) is 10.8 Å². The molecule has 0 aliphatic heterocycles. The van der Waals surface area contributed by atoms with Crippen LogP contribution in [0.15, 0.2) is 35.4 Å². The Labute approximate surface area is 135 Å². The van der Waals surface area contributed by atoms with Crippen molar-refractivity contribution in [2.24, 2.45) is 0 Å². The van der Waals surface area contributed by atoms with Crippen molar-refractivity contribution in [3.8, 4) is 5.75 Å². The molecule has 120 valence electrons. The Morgan fingerprint density at radius 3 is 1.82 bits per heavy atom. The Morgan fingerprint density at radius 1 is 0.955 bits per heavy atom. The summed E-state index contributed by atoms with van der Waals surface area (Å²) >= 11 is 0. The molecule has 0 atom stereocenters. The maximum Gasteiger partial charge on any atom is 0.123 e. The SMILES string of the molecule is CC1=C(Cc2cc(C(C)(C)C)c(O)c(C(C)(C)C)c2)CC=C1. The zero-order valence-electron chi connectivity index (χ0n) is 15.2. The first kappa shape index (κ1) is 16.9. The number of phenolic OH excluding ortho intramolecular Hbond substituents is 1. The third kappa shape index (κ3) is 3.45. The van der Waals surface area contributed by atoms with E-state index >= 15 is 0 Å². The van der Waals surface area contributed by atoms with Crippen molar-refractivity contribution < 1.29 is 5.11 Å². The molecule has 0 heterocycles. The van der Waals surface area contributed by atoms with Crippen LogP contribution in [0.5, 0.6) is 5.75 Å². The molecular formula is C21H30O. The number of phenols is 1. The summed E-state index contributed by atoms with van der Waals surface area (Å²) in [4.78, 5) is 0. The van der Waals surface area contributed by atoms with Crippen LogP contribution >= 0.6 is 0 Å². The lowest BCUT2D eigenvalue weighted by molar-refractivity contribution is 0.423. The van der Waals surface area contributed by atoms with Crippen LogP contribution in [0, 0.1) is 0 Å². The Kier molecular flexibility index (Phi) is 4.30. The highest BCUT2D eigenvalue weighted by Crippen LogP contribution is 2.40. The second-order valence-corrected chi connectivity index (χ2v) is 8.61. The van der Waals surface area contributed by atoms with Crippen LogP contribution in [0.3, 0.4) is 0 Å². The van der Waals surface area contributed by atoms with Crippen LogP contribution in [0.25, 0.3) is 0 Å². The molecule has 0 saturated carbocycles. The zero-order chi connectivity index (χ0) is 16.7. The molecule has 0 bridgehead atoms. The summed E-state index contributed by atoms with van der Waals surface area (Å²) in [7, 11) is 0. The summed E-state index contributed by atoms with van der Waals surface area (Å²) in [6.45, 7) is 15.2. The number of hydrogen-bond donors (Lipinski definition) is 1. The molecule has 1 aliphatic rings. The van der Waals surface area contributed by atoms with Crippen molar-refractivity contribution >= 4 is 0 Å². The van der Waals surface area contributed by atoms with Gasteiger partial charge in [-0.2, -0.15) is 0 Å². The number of rotatable bonds is 2. The lowest BCUT2D eigenvalue weighted by Crippen LogP contribution is -2.18. The Bertz CT molecular complexity index is 596. The third-order valence-corrected chi connectivity index (χ3v) is 4.49. The van der Waals surface area contributed by atoms with Crippen molar-refractivity contribution in [1.82, 2.24) is 0 Å². The van der Waals surface area contributed by atoms with E-state index in [1.165, 1.54) is 16.7 Å². The number of hydrogen-bond acceptors (Lipinski definition) is 1. The van der Waals surface area contributed by atoms with Gasteiger partial charge in [-0.25, -0.2) is 0 Å². The summed E-state index contributed by atoms with van der Waals surface area (Å²) < 4.78 is 0. The van der Waals surface area contributed by atoms with E-state index in [0.29, 0.717) is 5.75 Å². The molecule has 0 fully saturated rings. The summed E-state index contributed by atoms with van der Waals surface area (Å²) in [6.07, 6.45) is 6.49. The van der Waals surface area contributed by atoms with E-state index in [1.54, 1.807) is 0 Å². The predicted molar refractivity (Wildman–Crippen MR) is 95.7 cm³/mol. The van der Waals surface area contributed by atoms with Gasteiger partial charge in [0.05, 0.1) is 0 Å². The minimum atomic E-state index is -0.0581. The van der Waals surface area contributed by atoms with Crippen LogP contribution in [-0.4, -0.2) is 5.11 Å². The van der Waals surface area contributed by atoms with Crippen molar-refractivity contribution in [3.05, 3.63) is 52.1 Å². The molecule has 1 heteroatoms. The van der Waals surface area contributed by atoms with E-state index in [0.717, 1.165) is 24.0 Å². The number of allylic oxidation sites excluding steroid dienone is 4. The molecule has 22 heavy (non-hydrogen) atoms. The molecule has 0 amide bonds. The molecule has 0 spiro atoms. The van der Waals surface area contributed by atoms with Gasteiger partial charge in [0.25, 0.3) is 0 Å². The summed E-state index contributed by atoms with van der Waals surface area (Å²) in [5, 5.41) is 10.8. The van der Waals surface area contributed by atoms with Gasteiger partial charge < -0.3 is 5.11 Å². The average Bonchev–Trinajstić information content (AvgIpc) is 2.74. The van der Waals surface area contributed by atoms with Gasteiger partial charge in [-0.05, 0) is 47.3 Å². The highest BCUT2D eigenvalue weighted by molar-refractivity contribution is 5.51. The maximum absolute atomic E-state index is 10.8. The third-order valence-electron chi connectivity index (χ3n) is 4.49. The van der Waals surface area contributed by atoms with E-state index in [2.05, 4.69) is 72.8 Å². The summed E-state index contributed by atoms with van der Waals surface area (Å²) in [5.41, 5.74) is 6.19. The first-order valence-electron chi connectivity index (χ1n) is 8.22. The van der Waals surface area contributed by atoms with Crippen LogP contribution in [-0.2, 0) is 17.3 Å². The molecular weight excluding hydrogens is 268 g/mol. The smallest absolute Gasteiger partial charge is 0.123 e. The van der Waals surface area contributed by atoms with Gasteiger partial charge in [0, 0.05) is 0 Å². The fourth-order valence-electron chi connectivity index (χ4n) is 3.05. The van der Waals surface area contributed by atoms with E-state index in [4.69, 9.17) is 0 Å². The van der Waals surface area contributed by atoms with Crippen LogP contribution in [0.1, 0.15) is 71.6 Å².